The molecule has 2 rings (SSSR count). The van der Waals surface area contributed by atoms with Gasteiger partial charge in [-0.1, -0.05) is 24.6 Å². The maximum absolute atomic E-state index is 12.7. The molecule has 0 aliphatic heterocycles. The molecule has 0 saturated carbocycles. The molecule has 0 aliphatic rings. The van der Waals surface area contributed by atoms with Crippen molar-refractivity contribution in [2.75, 3.05) is 0 Å². The Morgan fingerprint density at radius 1 is 1.30 bits per heavy atom. The first-order chi connectivity index (χ1) is 12.7. The van der Waals surface area contributed by atoms with Crippen LogP contribution in [0.15, 0.2) is 29.6 Å². The number of aromatic nitrogens is 1. The SMILES string of the molecule is CC[C@@H](C)N(Cc1csc(COc2ccc(C)cc2)n1)C(=O)NC(C)(C)C. The number of thiazole rings is 1. The number of nitrogens with one attached hydrogen (secondary N) is 1. The first kappa shape index (κ1) is 21.2. The highest BCUT2D eigenvalue weighted by Gasteiger charge is 2.24. The molecule has 1 aromatic heterocycles. The van der Waals surface area contributed by atoms with E-state index in [1.165, 1.54) is 5.56 Å². The van der Waals surface area contributed by atoms with E-state index in [1.54, 1.807) is 11.3 Å². The molecule has 0 unspecified atom stereocenters. The number of hydrogen-bond donors (Lipinski definition) is 1. The van der Waals surface area contributed by atoms with Crippen LogP contribution in [0.1, 0.15) is 57.3 Å². The van der Waals surface area contributed by atoms with E-state index < -0.39 is 0 Å². The van der Waals surface area contributed by atoms with E-state index in [1.807, 2.05) is 55.3 Å². The molecule has 2 aromatic rings. The lowest BCUT2D eigenvalue weighted by molar-refractivity contribution is 0.164. The van der Waals surface area contributed by atoms with Gasteiger partial charge in [-0.05, 0) is 53.2 Å². The van der Waals surface area contributed by atoms with Gasteiger partial charge in [-0.2, -0.15) is 0 Å². The van der Waals surface area contributed by atoms with E-state index in [9.17, 15) is 4.79 Å². The van der Waals surface area contributed by atoms with Gasteiger partial charge in [-0.25, -0.2) is 9.78 Å². The summed E-state index contributed by atoms with van der Waals surface area (Å²) < 4.78 is 5.80. The van der Waals surface area contributed by atoms with Gasteiger partial charge in [-0.15, -0.1) is 11.3 Å². The monoisotopic (exact) mass is 389 g/mol. The van der Waals surface area contributed by atoms with Crippen molar-refractivity contribution in [3.63, 3.8) is 0 Å². The fraction of sp³-hybridized carbons (Fsp3) is 0.524. The summed E-state index contributed by atoms with van der Waals surface area (Å²) in [5.74, 6) is 0.836. The zero-order valence-corrected chi connectivity index (χ0v) is 18.0. The number of nitrogens with zero attached hydrogens (tertiary/aromatic N) is 2. The normalized spacial score (nSPS) is 12.5. The Morgan fingerprint density at radius 3 is 2.56 bits per heavy atom. The number of carbonyl (C=O) groups excluding carboxylic acids is 1. The lowest BCUT2D eigenvalue weighted by atomic mass is 10.1. The van der Waals surface area contributed by atoms with E-state index in [4.69, 9.17) is 4.74 Å². The van der Waals surface area contributed by atoms with E-state index in [2.05, 4.69) is 31.1 Å². The second-order valence-corrected chi connectivity index (χ2v) is 8.84. The molecule has 2 amide bonds. The van der Waals surface area contributed by atoms with Crippen LogP contribution in [0.2, 0.25) is 0 Å². The number of hydrogen-bond acceptors (Lipinski definition) is 4. The topological polar surface area (TPSA) is 54.5 Å². The molecule has 1 N–H and O–H groups in total. The minimum atomic E-state index is -0.266. The van der Waals surface area contributed by atoms with Crippen LogP contribution in [-0.2, 0) is 13.2 Å². The van der Waals surface area contributed by atoms with Gasteiger partial charge in [-0.3, -0.25) is 0 Å². The molecule has 5 nitrogen and oxygen atoms in total. The van der Waals surface area contributed by atoms with Crippen LogP contribution in [0.3, 0.4) is 0 Å². The third-order valence-electron chi connectivity index (χ3n) is 4.18. The number of aryl methyl sites for hydroxylation is 1. The number of rotatable bonds is 7. The van der Waals surface area contributed by atoms with Crippen LogP contribution in [-0.4, -0.2) is 27.5 Å². The summed E-state index contributed by atoms with van der Waals surface area (Å²) in [5.41, 5.74) is 1.84. The number of benzene rings is 1. The molecular formula is C21H31N3O2S. The Morgan fingerprint density at radius 2 is 1.96 bits per heavy atom. The van der Waals surface area contributed by atoms with Crippen LogP contribution in [0.5, 0.6) is 5.75 Å². The zero-order chi connectivity index (χ0) is 20.0. The molecule has 0 bridgehead atoms. The van der Waals surface area contributed by atoms with E-state index >= 15 is 0 Å². The van der Waals surface area contributed by atoms with Gasteiger partial charge in [0.25, 0.3) is 0 Å². The summed E-state index contributed by atoms with van der Waals surface area (Å²) in [5, 5.41) is 5.97. The molecule has 148 valence electrons. The second kappa shape index (κ2) is 9.22. The lowest BCUT2D eigenvalue weighted by Crippen LogP contribution is -2.50. The van der Waals surface area contributed by atoms with Gasteiger partial charge in [0.2, 0.25) is 0 Å². The molecular weight excluding hydrogens is 358 g/mol. The molecule has 0 spiro atoms. The minimum Gasteiger partial charge on any atom is -0.486 e. The Hall–Kier alpha value is -2.08. The Bertz CT molecular complexity index is 735. The molecule has 0 radical (unpaired) electrons. The van der Waals surface area contributed by atoms with E-state index in [0.717, 1.165) is 22.9 Å². The highest BCUT2D eigenvalue weighted by molar-refractivity contribution is 7.09. The summed E-state index contributed by atoms with van der Waals surface area (Å²) >= 11 is 1.56. The average molecular weight is 390 g/mol. The van der Waals surface area contributed by atoms with Gasteiger partial charge in [0.1, 0.15) is 17.4 Å². The van der Waals surface area contributed by atoms with Gasteiger partial charge in [0.15, 0.2) is 0 Å². The van der Waals surface area contributed by atoms with Crippen molar-refractivity contribution in [2.24, 2.45) is 0 Å². The lowest BCUT2D eigenvalue weighted by Gasteiger charge is -2.32. The van der Waals surface area contributed by atoms with Crippen LogP contribution in [0.25, 0.3) is 0 Å². The van der Waals surface area contributed by atoms with E-state index in [-0.39, 0.29) is 17.6 Å². The number of amides is 2. The molecule has 0 aliphatic carbocycles. The van der Waals surface area contributed by atoms with Crippen LogP contribution in [0.4, 0.5) is 4.79 Å². The summed E-state index contributed by atoms with van der Waals surface area (Å²) in [7, 11) is 0. The summed E-state index contributed by atoms with van der Waals surface area (Å²) in [4.78, 5) is 19.2. The van der Waals surface area contributed by atoms with E-state index in [0.29, 0.717) is 13.2 Å². The fourth-order valence-electron chi connectivity index (χ4n) is 2.48. The molecule has 1 aromatic carbocycles. The van der Waals surface area contributed by atoms with Crippen LogP contribution in [0, 0.1) is 6.92 Å². The predicted octanol–water partition coefficient (Wildman–Crippen LogP) is 5.14. The van der Waals surface area contributed by atoms with Crippen molar-refractivity contribution >= 4 is 17.4 Å². The molecule has 0 fully saturated rings. The smallest absolute Gasteiger partial charge is 0.318 e. The zero-order valence-electron chi connectivity index (χ0n) is 17.2. The first-order valence-electron chi connectivity index (χ1n) is 9.39. The quantitative estimate of drug-likeness (QED) is 0.713. The maximum Gasteiger partial charge on any atom is 0.318 e. The molecule has 27 heavy (non-hydrogen) atoms. The Labute approximate surface area is 166 Å². The van der Waals surface area contributed by atoms with Gasteiger partial charge < -0.3 is 15.0 Å². The number of carbonyl (C=O) groups is 1. The number of urea groups is 1. The van der Waals surface area contributed by atoms with Crippen molar-refractivity contribution in [1.29, 1.82) is 0 Å². The highest BCUT2D eigenvalue weighted by atomic mass is 32.1. The van der Waals surface area contributed by atoms with Gasteiger partial charge in [0.05, 0.1) is 12.2 Å². The Balaban J connectivity index is 1.99. The molecule has 1 atom stereocenters. The number of ether oxygens (including phenoxy) is 1. The summed E-state index contributed by atoms with van der Waals surface area (Å²) in [6.45, 7) is 13.1. The third kappa shape index (κ3) is 6.86. The Kier molecular flexibility index (Phi) is 7.25. The first-order valence-corrected chi connectivity index (χ1v) is 10.3. The van der Waals surface area contributed by atoms with Crippen molar-refractivity contribution in [3.8, 4) is 5.75 Å². The van der Waals surface area contributed by atoms with Crippen LogP contribution >= 0.6 is 11.3 Å². The second-order valence-electron chi connectivity index (χ2n) is 7.90. The van der Waals surface area contributed by atoms with Crippen molar-refractivity contribution in [1.82, 2.24) is 15.2 Å². The van der Waals surface area contributed by atoms with Gasteiger partial charge in [0, 0.05) is 17.0 Å². The standard InChI is InChI=1S/C21H31N3O2S/c1-7-16(3)24(20(25)23-21(4,5)6)12-17-14-27-19(22-17)13-26-18-10-8-15(2)9-11-18/h8-11,14,16H,7,12-13H2,1-6H3,(H,23,25)/t16-/m1/s1. The highest BCUT2D eigenvalue weighted by Crippen LogP contribution is 2.18. The maximum atomic E-state index is 12.7. The minimum absolute atomic E-state index is 0.0534. The average Bonchev–Trinajstić information content (AvgIpc) is 3.04. The molecule has 0 saturated heterocycles. The molecule has 6 heteroatoms. The predicted molar refractivity (Wildman–Crippen MR) is 111 cm³/mol. The van der Waals surface area contributed by atoms with Crippen molar-refractivity contribution in [2.45, 2.75) is 72.7 Å². The van der Waals surface area contributed by atoms with Gasteiger partial charge >= 0.3 is 6.03 Å². The summed E-state index contributed by atoms with van der Waals surface area (Å²) in [6, 6.07) is 8.07. The largest absolute Gasteiger partial charge is 0.486 e. The van der Waals surface area contributed by atoms with Crippen molar-refractivity contribution in [3.05, 3.63) is 45.9 Å². The molecule has 1 heterocycles. The van der Waals surface area contributed by atoms with Crippen LogP contribution < -0.4 is 10.1 Å². The van der Waals surface area contributed by atoms with Crippen molar-refractivity contribution < 1.29 is 9.53 Å². The summed E-state index contributed by atoms with van der Waals surface area (Å²) in [6.07, 6.45) is 0.894. The third-order valence-corrected chi connectivity index (χ3v) is 5.05. The fourth-order valence-corrected chi connectivity index (χ4v) is 3.18.